The second kappa shape index (κ2) is 6.54. The molecule has 1 N–H and O–H groups in total. The van der Waals surface area contributed by atoms with E-state index in [0.29, 0.717) is 31.2 Å². The van der Waals surface area contributed by atoms with Gasteiger partial charge in [-0.2, -0.15) is 4.31 Å². The molecule has 0 aromatic heterocycles. The molecule has 2 aliphatic heterocycles. The number of benzene rings is 1. The number of quaternary nitrogens is 1. The van der Waals surface area contributed by atoms with E-state index in [-0.39, 0.29) is 0 Å². The molecule has 0 bridgehead atoms. The summed E-state index contributed by atoms with van der Waals surface area (Å²) in [7, 11) is -1.18. The number of hydrogen-bond donors (Lipinski definition) is 1. The van der Waals surface area contributed by atoms with Crippen molar-refractivity contribution in [1.82, 2.24) is 4.31 Å². The van der Waals surface area contributed by atoms with E-state index in [4.69, 9.17) is 4.74 Å². The highest BCUT2D eigenvalue weighted by Gasteiger charge is 2.26. The van der Waals surface area contributed by atoms with Crippen LogP contribution >= 0.6 is 0 Å². The number of nitrogens with one attached hydrogen (secondary N) is 1. The van der Waals surface area contributed by atoms with Crippen LogP contribution in [0.2, 0.25) is 0 Å². The lowest BCUT2D eigenvalue weighted by atomic mass is 10.2. The van der Waals surface area contributed by atoms with Crippen molar-refractivity contribution in [1.29, 1.82) is 0 Å². The summed E-state index contributed by atoms with van der Waals surface area (Å²) < 4.78 is 31.9. The Kier molecular flexibility index (Phi) is 4.67. The molecule has 122 valence electrons. The summed E-state index contributed by atoms with van der Waals surface area (Å²) in [6, 6.07) is 7.30. The summed E-state index contributed by atoms with van der Waals surface area (Å²) in [5, 5.41) is 0. The van der Waals surface area contributed by atoms with Gasteiger partial charge in [0.1, 0.15) is 0 Å². The number of sulfonamides is 1. The van der Waals surface area contributed by atoms with Crippen molar-refractivity contribution in [3.8, 4) is 0 Å². The quantitative estimate of drug-likeness (QED) is 0.778. The van der Waals surface area contributed by atoms with Gasteiger partial charge in [-0.15, -0.1) is 0 Å². The van der Waals surface area contributed by atoms with Crippen molar-refractivity contribution in [2.75, 3.05) is 64.4 Å². The molecular weight excluding hydrogens is 302 g/mol. The van der Waals surface area contributed by atoms with Gasteiger partial charge in [-0.05, 0) is 24.3 Å². The summed E-state index contributed by atoms with van der Waals surface area (Å²) in [6.45, 7) is 6.09. The predicted octanol–water partition coefficient (Wildman–Crippen LogP) is -0.958. The van der Waals surface area contributed by atoms with Gasteiger partial charge in [-0.25, -0.2) is 8.42 Å². The van der Waals surface area contributed by atoms with Gasteiger partial charge >= 0.3 is 0 Å². The molecule has 2 saturated heterocycles. The van der Waals surface area contributed by atoms with Crippen molar-refractivity contribution < 1.29 is 18.1 Å². The number of morpholine rings is 1. The number of piperazine rings is 1. The van der Waals surface area contributed by atoms with Crippen molar-refractivity contribution >= 4 is 15.7 Å². The maximum Gasteiger partial charge on any atom is 0.243 e. The molecule has 7 heteroatoms. The topological polar surface area (TPSA) is 54.3 Å². The Hall–Kier alpha value is -1.15. The van der Waals surface area contributed by atoms with Gasteiger partial charge in [0.05, 0.1) is 51.3 Å². The van der Waals surface area contributed by atoms with Crippen LogP contribution in [0.25, 0.3) is 0 Å². The summed E-state index contributed by atoms with van der Waals surface area (Å²) in [6.07, 6.45) is 0. The minimum atomic E-state index is -3.39. The number of likely N-dealkylation sites (N-methyl/N-ethyl adjacent to an activating group) is 1. The van der Waals surface area contributed by atoms with E-state index in [0.717, 1.165) is 31.9 Å². The van der Waals surface area contributed by atoms with Gasteiger partial charge in [0.2, 0.25) is 10.0 Å². The largest absolute Gasteiger partial charge is 0.379 e. The van der Waals surface area contributed by atoms with Crippen LogP contribution in [0.15, 0.2) is 29.2 Å². The highest BCUT2D eigenvalue weighted by molar-refractivity contribution is 7.89. The lowest BCUT2D eigenvalue weighted by Gasteiger charge is -2.32. The molecule has 1 aromatic carbocycles. The molecule has 0 aliphatic carbocycles. The Balaban J connectivity index is 1.73. The van der Waals surface area contributed by atoms with E-state index in [2.05, 4.69) is 11.9 Å². The Morgan fingerprint density at radius 1 is 1.00 bits per heavy atom. The number of hydrogen-bond acceptors (Lipinski definition) is 4. The zero-order valence-corrected chi connectivity index (χ0v) is 13.8. The molecule has 2 fully saturated rings. The summed E-state index contributed by atoms with van der Waals surface area (Å²) in [5.41, 5.74) is 1.11. The molecule has 0 saturated carbocycles. The van der Waals surface area contributed by atoms with E-state index in [1.807, 2.05) is 12.1 Å². The minimum absolute atomic E-state index is 0.373. The minimum Gasteiger partial charge on any atom is -0.379 e. The number of ether oxygens (including phenoxy) is 1. The lowest BCUT2D eigenvalue weighted by Crippen LogP contribution is -3.12. The fraction of sp³-hybridized carbons (Fsp3) is 0.600. The molecular formula is C15H24N3O3S+. The van der Waals surface area contributed by atoms with Crippen LogP contribution in [-0.4, -0.2) is 72.3 Å². The summed E-state index contributed by atoms with van der Waals surface area (Å²) in [4.78, 5) is 4.23. The van der Waals surface area contributed by atoms with Crippen LogP contribution in [-0.2, 0) is 14.8 Å². The molecule has 2 heterocycles. The molecule has 6 nitrogen and oxygen atoms in total. The second-order valence-corrected chi connectivity index (χ2v) is 7.89. The molecule has 0 amide bonds. The van der Waals surface area contributed by atoms with Gasteiger partial charge in [0.25, 0.3) is 0 Å². The average Bonchev–Trinajstić information content (AvgIpc) is 2.56. The fourth-order valence-electron chi connectivity index (χ4n) is 2.91. The number of nitrogens with zero attached hydrogens (tertiary/aromatic N) is 2. The first-order valence-electron chi connectivity index (χ1n) is 7.81. The molecule has 2 aliphatic rings. The molecule has 0 radical (unpaired) electrons. The number of rotatable bonds is 3. The maximum atomic E-state index is 12.6. The van der Waals surface area contributed by atoms with E-state index >= 15 is 0 Å². The first-order chi connectivity index (χ1) is 10.6. The maximum absolute atomic E-state index is 12.6. The number of anilines is 1. The second-order valence-electron chi connectivity index (χ2n) is 5.95. The van der Waals surface area contributed by atoms with Crippen molar-refractivity contribution in [2.45, 2.75) is 4.90 Å². The lowest BCUT2D eigenvalue weighted by molar-refractivity contribution is -0.880. The average molecular weight is 326 g/mol. The smallest absolute Gasteiger partial charge is 0.243 e. The molecule has 0 spiro atoms. The van der Waals surface area contributed by atoms with Gasteiger partial charge in [0.15, 0.2) is 0 Å². The van der Waals surface area contributed by atoms with Crippen LogP contribution in [0.4, 0.5) is 5.69 Å². The first-order valence-corrected chi connectivity index (χ1v) is 9.25. The van der Waals surface area contributed by atoms with Crippen LogP contribution in [0.1, 0.15) is 0 Å². The third kappa shape index (κ3) is 3.27. The van der Waals surface area contributed by atoms with E-state index < -0.39 is 10.0 Å². The third-order valence-corrected chi connectivity index (χ3v) is 6.34. The SMILES string of the molecule is C[NH+]1CCN(c2ccc(S(=O)(=O)N3CCOCC3)cc2)CC1. The van der Waals surface area contributed by atoms with Gasteiger partial charge < -0.3 is 14.5 Å². The molecule has 22 heavy (non-hydrogen) atoms. The van der Waals surface area contributed by atoms with Crippen LogP contribution in [0.3, 0.4) is 0 Å². The predicted molar refractivity (Wildman–Crippen MR) is 84.9 cm³/mol. The highest BCUT2D eigenvalue weighted by atomic mass is 32.2. The Bertz CT molecular complexity index is 589. The Labute approximate surface area is 132 Å². The van der Waals surface area contributed by atoms with Crippen molar-refractivity contribution in [2.24, 2.45) is 0 Å². The first kappa shape index (κ1) is 15.7. The molecule has 0 unspecified atom stereocenters. The fourth-order valence-corrected chi connectivity index (χ4v) is 4.32. The van der Waals surface area contributed by atoms with Crippen LogP contribution < -0.4 is 9.80 Å². The monoisotopic (exact) mass is 326 g/mol. The van der Waals surface area contributed by atoms with E-state index in [1.165, 1.54) is 4.31 Å². The third-order valence-electron chi connectivity index (χ3n) is 4.43. The van der Waals surface area contributed by atoms with Crippen LogP contribution in [0.5, 0.6) is 0 Å². The van der Waals surface area contributed by atoms with Crippen molar-refractivity contribution in [3.05, 3.63) is 24.3 Å². The van der Waals surface area contributed by atoms with E-state index in [1.54, 1.807) is 17.0 Å². The van der Waals surface area contributed by atoms with Crippen LogP contribution in [0, 0.1) is 0 Å². The van der Waals surface area contributed by atoms with Gasteiger partial charge in [-0.3, -0.25) is 0 Å². The molecule has 0 atom stereocenters. The Morgan fingerprint density at radius 3 is 2.18 bits per heavy atom. The molecule has 3 rings (SSSR count). The normalized spacial score (nSPS) is 22.0. The summed E-state index contributed by atoms with van der Waals surface area (Å²) in [5.74, 6) is 0. The van der Waals surface area contributed by atoms with Gasteiger partial charge in [0, 0.05) is 18.8 Å². The zero-order valence-electron chi connectivity index (χ0n) is 13.0. The molecule has 1 aromatic rings. The standard InChI is InChI=1S/C15H23N3O3S/c1-16-6-8-17(9-7-16)14-2-4-15(5-3-14)22(19,20)18-10-12-21-13-11-18/h2-5H,6-13H2,1H3/p+1. The summed E-state index contributed by atoms with van der Waals surface area (Å²) >= 11 is 0. The van der Waals surface area contributed by atoms with E-state index in [9.17, 15) is 8.42 Å². The highest BCUT2D eigenvalue weighted by Crippen LogP contribution is 2.21. The van der Waals surface area contributed by atoms with Gasteiger partial charge in [-0.1, -0.05) is 0 Å². The zero-order chi connectivity index (χ0) is 15.6. The Morgan fingerprint density at radius 2 is 1.59 bits per heavy atom. The van der Waals surface area contributed by atoms with Crippen molar-refractivity contribution in [3.63, 3.8) is 0 Å².